The Morgan fingerprint density at radius 2 is 1.67 bits per heavy atom. The Hall–Kier alpha value is -2.31. The molecule has 0 unspecified atom stereocenters. The van der Waals surface area contributed by atoms with E-state index in [2.05, 4.69) is 98.7 Å². The maximum Gasteiger partial charge on any atom is 0 e. The summed E-state index contributed by atoms with van der Waals surface area (Å²) in [5, 5.41) is 13.4. The van der Waals surface area contributed by atoms with Crippen molar-refractivity contribution in [2.45, 2.75) is 57.3 Å². The summed E-state index contributed by atoms with van der Waals surface area (Å²) < 4.78 is 4.36. The van der Waals surface area contributed by atoms with Crippen LogP contribution in [0.1, 0.15) is 40.2 Å². The number of hydrogen-bond acceptors (Lipinski definition) is 4. The van der Waals surface area contributed by atoms with Gasteiger partial charge in [0.25, 0.3) is 0 Å². The standard InChI is InChI=1S/C28H28GeNS.C5H8O2.Ir/c1-28(2,3)22-17-19(16-18-10-7-8-11-20(18)22)26-25-21-12-9-13-23(29(4,5)6)27(21)31-24(25)14-15-30-26;1-4(6)3-5(2)7;/h7-15,17H,1-6H3;3,6H,1-2H3;/q-1;;/b;4-3-;. The maximum absolute atomic E-state index is 10.0. The van der Waals surface area contributed by atoms with Gasteiger partial charge in [-0.2, -0.15) is 0 Å². The molecule has 0 bridgehead atoms. The van der Waals surface area contributed by atoms with E-state index in [1.807, 2.05) is 17.5 Å². The number of pyridine rings is 1. The second-order valence-corrected chi connectivity index (χ2v) is 23.5. The molecule has 0 atom stereocenters. The zero-order valence-electron chi connectivity index (χ0n) is 23.9. The fourth-order valence-corrected chi connectivity index (χ4v) is 10.8. The summed E-state index contributed by atoms with van der Waals surface area (Å²) in [6, 6.07) is 23.7. The molecule has 2 heterocycles. The number of hydrogen-bond donors (Lipinski definition) is 1. The quantitative estimate of drug-likeness (QED) is 0.0863. The average Bonchev–Trinajstić information content (AvgIpc) is 3.20. The van der Waals surface area contributed by atoms with Crippen LogP contribution in [-0.4, -0.2) is 29.1 Å². The third kappa shape index (κ3) is 6.89. The summed E-state index contributed by atoms with van der Waals surface area (Å²) in [5.74, 6) is 7.37. The zero-order valence-corrected chi connectivity index (χ0v) is 29.2. The van der Waals surface area contributed by atoms with Gasteiger partial charge in [0.05, 0.1) is 5.76 Å². The predicted molar refractivity (Wildman–Crippen MR) is 168 cm³/mol. The van der Waals surface area contributed by atoms with E-state index in [-0.39, 0.29) is 37.1 Å². The monoisotopic (exact) mass is 777 g/mol. The van der Waals surface area contributed by atoms with E-state index >= 15 is 0 Å². The molecule has 39 heavy (non-hydrogen) atoms. The zero-order chi connectivity index (χ0) is 27.8. The minimum atomic E-state index is -1.99. The van der Waals surface area contributed by atoms with E-state index in [1.165, 1.54) is 51.0 Å². The van der Waals surface area contributed by atoms with Crippen LogP contribution in [0.25, 0.3) is 42.2 Å². The number of allylic oxidation sites excluding steroid dienone is 2. The van der Waals surface area contributed by atoms with Gasteiger partial charge in [-0.05, 0) is 13.8 Å². The van der Waals surface area contributed by atoms with Crippen LogP contribution in [0.2, 0.25) is 17.3 Å². The first-order chi connectivity index (χ1) is 17.8. The number of nitrogens with zero attached hydrogens (tertiary/aromatic N) is 1. The summed E-state index contributed by atoms with van der Waals surface area (Å²) in [7, 11) is 0. The van der Waals surface area contributed by atoms with Crippen molar-refractivity contribution in [3.63, 3.8) is 0 Å². The van der Waals surface area contributed by atoms with E-state index < -0.39 is 13.3 Å². The number of fused-ring (bicyclic) bond motifs is 4. The number of rotatable bonds is 3. The minimum Gasteiger partial charge on any atom is 0 e. The molecule has 1 radical (unpaired) electrons. The molecule has 205 valence electrons. The van der Waals surface area contributed by atoms with Crippen LogP contribution < -0.4 is 4.40 Å². The van der Waals surface area contributed by atoms with Gasteiger partial charge < -0.3 is 5.11 Å². The van der Waals surface area contributed by atoms with E-state index in [9.17, 15) is 4.79 Å². The molecule has 0 aliphatic carbocycles. The number of carbonyl (C=O) groups excluding carboxylic acids is 1. The Labute approximate surface area is 252 Å². The Balaban J connectivity index is 0.000000468. The van der Waals surface area contributed by atoms with Crippen LogP contribution in [0, 0.1) is 6.07 Å². The average molecular weight is 776 g/mol. The van der Waals surface area contributed by atoms with Crippen molar-refractivity contribution in [1.82, 2.24) is 4.98 Å². The Morgan fingerprint density at radius 3 is 2.26 bits per heavy atom. The van der Waals surface area contributed by atoms with Crippen molar-refractivity contribution in [2.24, 2.45) is 0 Å². The second kappa shape index (κ2) is 12.1. The molecule has 0 aliphatic rings. The first-order valence-corrected chi connectivity index (χ1v) is 21.1. The number of aliphatic hydroxyl groups excluding tert-OH is 1. The SMILES string of the molecule is CC(=O)/C=C(/C)O.CC(C)(C)c1cc(-c2nccc3sc4[c]([Ge]([CH3])([CH3])[CH3])cccc4c23)[c-]c2ccccc12.[Ir]. The first-order valence-electron chi connectivity index (χ1n) is 12.9. The summed E-state index contributed by atoms with van der Waals surface area (Å²) in [4.78, 5) is 14.9. The smallest absolute Gasteiger partial charge is 0 e. The number of thiophene rings is 1. The molecule has 5 rings (SSSR count). The van der Waals surface area contributed by atoms with Gasteiger partial charge in [-0.15, -0.1) is 0 Å². The molecule has 2 aromatic heterocycles. The summed E-state index contributed by atoms with van der Waals surface area (Å²) in [6.45, 7) is 9.71. The van der Waals surface area contributed by atoms with Crippen LogP contribution in [0.3, 0.4) is 0 Å². The van der Waals surface area contributed by atoms with Crippen LogP contribution in [0.15, 0.2) is 72.6 Å². The van der Waals surface area contributed by atoms with E-state index in [0.29, 0.717) is 0 Å². The van der Waals surface area contributed by atoms with Crippen molar-refractivity contribution in [2.75, 3.05) is 0 Å². The topological polar surface area (TPSA) is 50.2 Å². The number of aromatic nitrogens is 1. The van der Waals surface area contributed by atoms with Crippen LogP contribution >= 0.6 is 11.3 Å². The van der Waals surface area contributed by atoms with Crippen LogP contribution in [0.5, 0.6) is 0 Å². The Morgan fingerprint density at radius 1 is 1.00 bits per heavy atom. The van der Waals surface area contributed by atoms with E-state index in [4.69, 9.17) is 10.1 Å². The van der Waals surface area contributed by atoms with Crippen molar-refractivity contribution >= 4 is 65.7 Å². The fraction of sp³-hybridized carbons (Fsp3) is 0.273. The van der Waals surface area contributed by atoms with Gasteiger partial charge in [0.15, 0.2) is 5.78 Å². The molecule has 5 aromatic rings. The Kier molecular flexibility index (Phi) is 9.65. The Bertz CT molecular complexity index is 1690. The molecule has 6 heteroatoms. The summed E-state index contributed by atoms with van der Waals surface area (Å²) in [6.07, 6.45) is 3.13. The molecule has 0 saturated heterocycles. The van der Waals surface area contributed by atoms with E-state index in [1.54, 1.807) is 4.40 Å². The number of carbonyl (C=O) groups is 1. The number of ketones is 1. The fourth-order valence-electron chi connectivity index (χ4n) is 4.81. The molecule has 1 N–H and O–H groups in total. The molecule has 3 aromatic carbocycles. The van der Waals surface area contributed by atoms with Crippen molar-refractivity contribution in [3.8, 4) is 11.3 Å². The molecular formula is C33H36GeIrNO2S-. The predicted octanol–water partition coefficient (Wildman–Crippen LogP) is 8.95. The van der Waals surface area contributed by atoms with Crippen molar-refractivity contribution < 1.29 is 30.0 Å². The second-order valence-electron chi connectivity index (χ2n) is 11.9. The van der Waals surface area contributed by atoms with Gasteiger partial charge >= 0.3 is 192 Å². The largest absolute Gasteiger partial charge is 0 e. The number of aliphatic hydroxyl groups is 1. The van der Waals surface area contributed by atoms with Gasteiger partial charge in [-0.1, -0.05) is 0 Å². The summed E-state index contributed by atoms with van der Waals surface area (Å²) in [5.41, 5.74) is 3.54. The molecule has 0 amide bonds. The van der Waals surface area contributed by atoms with E-state index in [0.717, 1.165) is 16.6 Å². The van der Waals surface area contributed by atoms with Crippen molar-refractivity contribution in [1.29, 1.82) is 0 Å². The third-order valence-corrected chi connectivity index (χ3v) is 12.3. The van der Waals surface area contributed by atoms with Crippen molar-refractivity contribution in [3.05, 3.63) is 84.3 Å². The van der Waals surface area contributed by atoms with Gasteiger partial charge in [-0.3, -0.25) is 4.79 Å². The molecule has 0 saturated carbocycles. The third-order valence-electron chi connectivity index (χ3n) is 6.47. The van der Waals surface area contributed by atoms with Crippen LogP contribution in [0.4, 0.5) is 0 Å². The van der Waals surface area contributed by atoms with Gasteiger partial charge in [-0.25, -0.2) is 0 Å². The molecule has 3 nitrogen and oxygen atoms in total. The molecular weight excluding hydrogens is 739 g/mol. The van der Waals surface area contributed by atoms with Gasteiger partial charge in [0, 0.05) is 26.2 Å². The maximum atomic E-state index is 10.0. The number of benzene rings is 3. The normalized spacial score (nSPS) is 12.3. The summed E-state index contributed by atoms with van der Waals surface area (Å²) >= 11 is -0.0555. The molecule has 0 aliphatic heterocycles. The molecule has 0 fully saturated rings. The molecule has 0 spiro atoms. The first kappa shape index (κ1) is 31.2. The minimum absolute atomic E-state index is 0. The van der Waals surface area contributed by atoms with Gasteiger partial charge in [0.2, 0.25) is 0 Å². The van der Waals surface area contributed by atoms with Crippen LogP contribution in [-0.2, 0) is 30.3 Å². The van der Waals surface area contributed by atoms with Gasteiger partial charge in [0.1, 0.15) is 0 Å².